The zero-order valence-electron chi connectivity index (χ0n) is 12.3. The molecule has 0 bridgehead atoms. The lowest BCUT2D eigenvalue weighted by molar-refractivity contribution is -0.131. The first-order chi connectivity index (χ1) is 9.74. The van der Waals surface area contributed by atoms with Crippen LogP contribution in [0.3, 0.4) is 0 Å². The Morgan fingerprint density at radius 2 is 1.80 bits per heavy atom. The number of hydrogen-bond acceptors (Lipinski definition) is 2. The fourth-order valence-corrected chi connectivity index (χ4v) is 2.96. The van der Waals surface area contributed by atoms with Crippen LogP contribution < -0.4 is 4.90 Å². The van der Waals surface area contributed by atoms with Crippen LogP contribution in [-0.2, 0) is 11.3 Å². The molecule has 108 valence electrons. The Labute approximate surface area is 121 Å². The van der Waals surface area contributed by atoms with Gasteiger partial charge in [-0.1, -0.05) is 12.1 Å². The zero-order valence-corrected chi connectivity index (χ0v) is 12.3. The zero-order chi connectivity index (χ0) is 13.9. The Kier molecular flexibility index (Phi) is 3.95. The second-order valence-electron chi connectivity index (χ2n) is 6.18. The number of hydrogen-bond donors (Lipinski definition) is 0. The molecule has 1 aromatic carbocycles. The fraction of sp³-hybridized carbons (Fsp3) is 0.588. The molecule has 2 fully saturated rings. The first-order valence-corrected chi connectivity index (χ1v) is 7.83. The summed E-state index contributed by atoms with van der Waals surface area (Å²) in [4.78, 5) is 16.3. The molecule has 1 saturated carbocycles. The molecular formula is C17H24N2O. The lowest BCUT2D eigenvalue weighted by Crippen LogP contribution is -2.29. The third kappa shape index (κ3) is 3.14. The highest BCUT2D eigenvalue weighted by molar-refractivity contribution is 5.80. The molecule has 0 aromatic heterocycles. The summed E-state index contributed by atoms with van der Waals surface area (Å²) in [5.41, 5.74) is 2.55. The monoisotopic (exact) mass is 272 g/mol. The van der Waals surface area contributed by atoms with E-state index in [1.165, 1.54) is 43.6 Å². The van der Waals surface area contributed by atoms with Gasteiger partial charge in [0.25, 0.3) is 0 Å². The van der Waals surface area contributed by atoms with Gasteiger partial charge in [-0.05, 0) is 49.8 Å². The van der Waals surface area contributed by atoms with Gasteiger partial charge in [0, 0.05) is 38.3 Å². The first-order valence-electron chi connectivity index (χ1n) is 7.83. The van der Waals surface area contributed by atoms with Gasteiger partial charge in [0.1, 0.15) is 0 Å². The topological polar surface area (TPSA) is 23.6 Å². The first kappa shape index (κ1) is 13.5. The van der Waals surface area contributed by atoms with Crippen molar-refractivity contribution in [2.45, 2.75) is 38.6 Å². The Balaban J connectivity index is 1.59. The Morgan fingerprint density at radius 1 is 1.15 bits per heavy atom. The summed E-state index contributed by atoms with van der Waals surface area (Å²) in [6.07, 6.45) is 6.14. The van der Waals surface area contributed by atoms with Crippen molar-refractivity contribution in [3.8, 4) is 0 Å². The molecule has 0 atom stereocenters. The van der Waals surface area contributed by atoms with Crippen LogP contribution in [-0.4, -0.2) is 30.9 Å². The molecular weight excluding hydrogens is 248 g/mol. The SMILES string of the molecule is CN(Cc1ccc(N2CCCCC2)cc1)C(=O)C1CC1. The number of anilines is 1. The highest BCUT2D eigenvalue weighted by Crippen LogP contribution is 2.31. The van der Waals surface area contributed by atoms with Crippen LogP contribution in [0.2, 0.25) is 0 Å². The lowest BCUT2D eigenvalue weighted by atomic mass is 10.1. The molecule has 1 saturated heterocycles. The lowest BCUT2D eigenvalue weighted by Gasteiger charge is -2.29. The van der Waals surface area contributed by atoms with E-state index in [0.29, 0.717) is 11.8 Å². The molecule has 3 heteroatoms. The summed E-state index contributed by atoms with van der Waals surface area (Å²) in [5.74, 6) is 0.623. The van der Waals surface area contributed by atoms with E-state index >= 15 is 0 Å². The maximum absolute atomic E-state index is 11.9. The number of nitrogens with zero attached hydrogens (tertiary/aromatic N) is 2. The van der Waals surface area contributed by atoms with E-state index in [-0.39, 0.29) is 0 Å². The standard InChI is InChI=1S/C17H24N2O/c1-18(17(20)15-7-8-15)13-14-5-9-16(10-6-14)19-11-3-2-4-12-19/h5-6,9-10,15H,2-4,7-8,11-13H2,1H3. The van der Waals surface area contributed by atoms with E-state index in [2.05, 4.69) is 29.2 Å². The molecule has 0 N–H and O–H groups in total. The van der Waals surface area contributed by atoms with Gasteiger partial charge < -0.3 is 9.80 Å². The van der Waals surface area contributed by atoms with E-state index < -0.39 is 0 Å². The van der Waals surface area contributed by atoms with Crippen LogP contribution in [0.1, 0.15) is 37.7 Å². The summed E-state index contributed by atoms with van der Waals surface area (Å²) < 4.78 is 0. The molecule has 2 aliphatic rings. The van der Waals surface area contributed by atoms with Gasteiger partial charge in [0.2, 0.25) is 5.91 Å². The maximum atomic E-state index is 11.9. The summed E-state index contributed by atoms with van der Waals surface area (Å²) in [6, 6.07) is 8.74. The van der Waals surface area contributed by atoms with Gasteiger partial charge in [-0.3, -0.25) is 4.79 Å². The molecule has 1 aromatic rings. The average Bonchev–Trinajstić information content (AvgIpc) is 3.33. The average molecular weight is 272 g/mol. The third-order valence-corrected chi connectivity index (χ3v) is 4.38. The van der Waals surface area contributed by atoms with E-state index in [9.17, 15) is 4.79 Å². The van der Waals surface area contributed by atoms with Crippen molar-refractivity contribution < 1.29 is 4.79 Å². The van der Waals surface area contributed by atoms with Crippen molar-refractivity contribution in [2.75, 3.05) is 25.0 Å². The number of carbonyl (C=O) groups excluding carboxylic acids is 1. The highest BCUT2D eigenvalue weighted by Gasteiger charge is 2.31. The molecule has 1 amide bonds. The Bertz CT molecular complexity index is 458. The van der Waals surface area contributed by atoms with Crippen LogP contribution in [0.25, 0.3) is 0 Å². The minimum Gasteiger partial charge on any atom is -0.372 e. The van der Waals surface area contributed by atoms with Crippen molar-refractivity contribution in [1.29, 1.82) is 0 Å². The van der Waals surface area contributed by atoms with Crippen molar-refractivity contribution >= 4 is 11.6 Å². The fourth-order valence-electron chi connectivity index (χ4n) is 2.96. The number of benzene rings is 1. The van der Waals surface area contributed by atoms with E-state index in [4.69, 9.17) is 0 Å². The van der Waals surface area contributed by atoms with Gasteiger partial charge in [-0.2, -0.15) is 0 Å². The van der Waals surface area contributed by atoms with Gasteiger partial charge >= 0.3 is 0 Å². The summed E-state index contributed by atoms with van der Waals surface area (Å²) in [7, 11) is 1.92. The molecule has 0 unspecified atom stereocenters. The number of amides is 1. The molecule has 0 spiro atoms. The van der Waals surface area contributed by atoms with E-state index in [1.807, 2.05) is 11.9 Å². The maximum Gasteiger partial charge on any atom is 0.225 e. The normalized spacial score (nSPS) is 18.9. The molecule has 0 radical (unpaired) electrons. The van der Waals surface area contributed by atoms with Crippen LogP contribution in [0.5, 0.6) is 0 Å². The second-order valence-corrected chi connectivity index (χ2v) is 6.18. The molecule has 1 heterocycles. The van der Waals surface area contributed by atoms with Crippen molar-refractivity contribution in [3.05, 3.63) is 29.8 Å². The predicted molar refractivity (Wildman–Crippen MR) is 81.7 cm³/mol. The molecule has 3 nitrogen and oxygen atoms in total. The van der Waals surface area contributed by atoms with Crippen molar-refractivity contribution in [2.24, 2.45) is 5.92 Å². The van der Waals surface area contributed by atoms with Crippen LogP contribution in [0.4, 0.5) is 5.69 Å². The van der Waals surface area contributed by atoms with Gasteiger partial charge in [-0.15, -0.1) is 0 Å². The van der Waals surface area contributed by atoms with Gasteiger partial charge in [-0.25, -0.2) is 0 Å². The quantitative estimate of drug-likeness (QED) is 0.841. The largest absolute Gasteiger partial charge is 0.372 e. The van der Waals surface area contributed by atoms with Crippen molar-refractivity contribution in [3.63, 3.8) is 0 Å². The summed E-state index contributed by atoms with van der Waals surface area (Å²) >= 11 is 0. The molecule has 3 rings (SSSR count). The van der Waals surface area contributed by atoms with Gasteiger partial charge in [0.05, 0.1) is 0 Å². The minimum atomic E-state index is 0.310. The number of carbonyl (C=O) groups is 1. The van der Waals surface area contributed by atoms with E-state index in [0.717, 1.165) is 19.4 Å². The van der Waals surface area contributed by atoms with Crippen LogP contribution in [0, 0.1) is 5.92 Å². The Morgan fingerprint density at radius 3 is 2.40 bits per heavy atom. The smallest absolute Gasteiger partial charge is 0.225 e. The van der Waals surface area contributed by atoms with Gasteiger partial charge in [0.15, 0.2) is 0 Å². The summed E-state index contributed by atoms with van der Waals surface area (Å²) in [6.45, 7) is 3.09. The summed E-state index contributed by atoms with van der Waals surface area (Å²) in [5, 5.41) is 0. The minimum absolute atomic E-state index is 0.310. The number of piperidine rings is 1. The molecule has 20 heavy (non-hydrogen) atoms. The van der Waals surface area contributed by atoms with E-state index in [1.54, 1.807) is 0 Å². The second kappa shape index (κ2) is 5.86. The molecule has 1 aliphatic carbocycles. The van der Waals surface area contributed by atoms with Crippen LogP contribution >= 0.6 is 0 Å². The Hall–Kier alpha value is -1.51. The predicted octanol–water partition coefficient (Wildman–Crippen LogP) is 3.05. The molecule has 1 aliphatic heterocycles. The van der Waals surface area contributed by atoms with Crippen LogP contribution in [0.15, 0.2) is 24.3 Å². The third-order valence-electron chi connectivity index (χ3n) is 4.38. The van der Waals surface area contributed by atoms with Crippen molar-refractivity contribution in [1.82, 2.24) is 4.90 Å². The highest BCUT2D eigenvalue weighted by atomic mass is 16.2. The number of rotatable bonds is 4.